The molecule has 1 aromatic carbocycles. The third-order valence-electron chi connectivity index (χ3n) is 2.13. The summed E-state index contributed by atoms with van der Waals surface area (Å²) in [4.78, 5) is 0. The number of halogens is 3. The summed E-state index contributed by atoms with van der Waals surface area (Å²) in [7, 11) is 0. The summed E-state index contributed by atoms with van der Waals surface area (Å²) in [6, 6.07) is 2.28. The van der Waals surface area contributed by atoms with Crippen LogP contribution < -0.4 is 5.73 Å². The molecule has 1 aromatic rings. The summed E-state index contributed by atoms with van der Waals surface area (Å²) in [6.07, 6.45) is 0. The molecule has 0 saturated heterocycles. The molecular weight excluding hydrogens is 224 g/mol. The molecular formula is C10H12Cl2FN. The molecule has 0 bridgehead atoms. The van der Waals surface area contributed by atoms with Crippen molar-refractivity contribution in [3.05, 3.63) is 33.6 Å². The zero-order valence-corrected chi connectivity index (χ0v) is 9.53. The molecule has 1 unspecified atom stereocenters. The Morgan fingerprint density at radius 3 is 2.36 bits per heavy atom. The third-order valence-corrected chi connectivity index (χ3v) is 2.95. The van der Waals surface area contributed by atoms with Crippen LogP contribution in [0.4, 0.5) is 4.39 Å². The Labute approximate surface area is 93.0 Å². The normalized spacial score (nSPS) is 13.4. The minimum atomic E-state index is -0.429. The quantitative estimate of drug-likeness (QED) is 0.776. The summed E-state index contributed by atoms with van der Waals surface area (Å²) in [5.74, 6) is -0.291. The van der Waals surface area contributed by atoms with Crippen LogP contribution in [-0.4, -0.2) is 0 Å². The molecule has 0 spiro atoms. The maximum absolute atomic E-state index is 13.4. The Hall–Kier alpha value is -0.310. The second-order valence-corrected chi connectivity index (χ2v) is 4.31. The van der Waals surface area contributed by atoms with Crippen LogP contribution in [0.25, 0.3) is 0 Å². The van der Waals surface area contributed by atoms with E-state index in [0.717, 1.165) is 0 Å². The topological polar surface area (TPSA) is 26.0 Å². The van der Waals surface area contributed by atoms with Gasteiger partial charge in [0.25, 0.3) is 0 Å². The molecule has 0 aliphatic carbocycles. The number of hydrogen-bond acceptors (Lipinski definition) is 1. The summed E-state index contributed by atoms with van der Waals surface area (Å²) in [5.41, 5.74) is 6.13. The van der Waals surface area contributed by atoms with Crippen molar-refractivity contribution in [2.75, 3.05) is 0 Å². The van der Waals surface area contributed by atoms with E-state index in [4.69, 9.17) is 28.9 Å². The highest BCUT2D eigenvalue weighted by Gasteiger charge is 2.19. The maximum Gasteiger partial charge on any atom is 0.129 e. The van der Waals surface area contributed by atoms with E-state index in [1.807, 2.05) is 13.8 Å². The molecule has 0 aromatic heterocycles. The van der Waals surface area contributed by atoms with Crippen molar-refractivity contribution in [2.45, 2.75) is 19.9 Å². The molecule has 1 atom stereocenters. The highest BCUT2D eigenvalue weighted by Crippen LogP contribution is 2.33. The lowest BCUT2D eigenvalue weighted by molar-refractivity contribution is 0.485. The standard InChI is InChI=1S/C10H12Cl2FN/c1-5(2)10(14)8-7(13)4-3-6(11)9(8)12/h3-5,10H,14H2,1-2H3. The van der Waals surface area contributed by atoms with Crippen molar-refractivity contribution in [2.24, 2.45) is 11.7 Å². The molecule has 1 nitrogen and oxygen atoms in total. The zero-order valence-electron chi connectivity index (χ0n) is 8.02. The fourth-order valence-corrected chi connectivity index (χ4v) is 1.63. The molecule has 0 radical (unpaired) electrons. The Kier molecular flexibility index (Phi) is 3.76. The lowest BCUT2D eigenvalue weighted by atomic mass is 9.96. The maximum atomic E-state index is 13.4. The Bertz CT molecular complexity index is 339. The summed E-state index contributed by atoms with van der Waals surface area (Å²) >= 11 is 11.7. The highest BCUT2D eigenvalue weighted by atomic mass is 35.5. The number of nitrogens with two attached hydrogens (primary N) is 1. The van der Waals surface area contributed by atoms with E-state index in [1.165, 1.54) is 12.1 Å². The minimum absolute atomic E-state index is 0.112. The van der Waals surface area contributed by atoms with Crippen LogP contribution in [-0.2, 0) is 0 Å². The van der Waals surface area contributed by atoms with E-state index >= 15 is 0 Å². The van der Waals surface area contributed by atoms with Crippen LogP contribution in [0.15, 0.2) is 12.1 Å². The fourth-order valence-electron chi connectivity index (χ4n) is 1.18. The number of rotatable bonds is 2. The molecule has 0 aliphatic rings. The van der Waals surface area contributed by atoms with Crippen LogP contribution in [0, 0.1) is 11.7 Å². The van der Waals surface area contributed by atoms with Crippen molar-refractivity contribution in [1.82, 2.24) is 0 Å². The summed E-state index contributed by atoms with van der Waals surface area (Å²) in [6.45, 7) is 3.81. The first kappa shape index (κ1) is 11.8. The van der Waals surface area contributed by atoms with E-state index in [0.29, 0.717) is 10.6 Å². The van der Waals surface area contributed by atoms with E-state index in [1.54, 1.807) is 0 Å². The van der Waals surface area contributed by atoms with Crippen molar-refractivity contribution in [3.8, 4) is 0 Å². The average Bonchev–Trinajstić information content (AvgIpc) is 2.12. The van der Waals surface area contributed by atoms with Crippen molar-refractivity contribution in [3.63, 3.8) is 0 Å². The lowest BCUT2D eigenvalue weighted by Crippen LogP contribution is -2.18. The minimum Gasteiger partial charge on any atom is -0.324 e. The van der Waals surface area contributed by atoms with Gasteiger partial charge in [-0.2, -0.15) is 0 Å². The van der Waals surface area contributed by atoms with Gasteiger partial charge in [0.15, 0.2) is 0 Å². The highest BCUT2D eigenvalue weighted by molar-refractivity contribution is 6.42. The molecule has 0 fully saturated rings. The van der Waals surface area contributed by atoms with Crippen LogP contribution in [0.5, 0.6) is 0 Å². The second kappa shape index (κ2) is 4.47. The van der Waals surface area contributed by atoms with Gasteiger partial charge in [-0.15, -0.1) is 0 Å². The second-order valence-electron chi connectivity index (χ2n) is 3.53. The van der Waals surface area contributed by atoms with Crippen molar-refractivity contribution >= 4 is 23.2 Å². The molecule has 0 heterocycles. The molecule has 14 heavy (non-hydrogen) atoms. The SMILES string of the molecule is CC(C)C(N)c1c(F)ccc(Cl)c1Cl. The monoisotopic (exact) mass is 235 g/mol. The largest absolute Gasteiger partial charge is 0.324 e. The van der Waals surface area contributed by atoms with Gasteiger partial charge in [0.2, 0.25) is 0 Å². The number of benzene rings is 1. The summed E-state index contributed by atoms with van der Waals surface area (Å²) < 4.78 is 13.4. The smallest absolute Gasteiger partial charge is 0.129 e. The molecule has 0 saturated carbocycles. The van der Waals surface area contributed by atoms with Gasteiger partial charge in [0, 0.05) is 11.6 Å². The van der Waals surface area contributed by atoms with Crippen LogP contribution >= 0.6 is 23.2 Å². The molecule has 0 amide bonds. The van der Waals surface area contributed by atoms with Crippen molar-refractivity contribution < 1.29 is 4.39 Å². The first-order valence-corrected chi connectivity index (χ1v) is 5.09. The molecule has 4 heteroatoms. The Balaban J connectivity index is 3.25. The molecule has 2 N–H and O–H groups in total. The molecule has 0 aliphatic heterocycles. The number of hydrogen-bond donors (Lipinski definition) is 1. The van der Waals surface area contributed by atoms with Crippen LogP contribution in [0.3, 0.4) is 0 Å². The van der Waals surface area contributed by atoms with E-state index < -0.39 is 11.9 Å². The zero-order chi connectivity index (χ0) is 10.9. The van der Waals surface area contributed by atoms with E-state index in [-0.39, 0.29) is 10.9 Å². The summed E-state index contributed by atoms with van der Waals surface area (Å²) in [5, 5.41) is 0.548. The van der Waals surface area contributed by atoms with Gasteiger partial charge < -0.3 is 5.73 Å². The van der Waals surface area contributed by atoms with Gasteiger partial charge in [0.05, 0.1) is 10.0 Å². The first-order chi connectivity index (χ1) is 6.45. The van der Waals surface area contributed by atoms with Gasteiger partial charge in [-0.25, -0.2) is 4.39 Å². The van der Waals surface area contributed by atoms with Gasteiger partial charge in [0.1, 0.15) is 5.82 Å². The predicted molar refractivity (Wildman–Crippen MR) is 58.2 cm³/mol. The fraction of sp³-hybridized carbons (Fsp3) is 0.400. The lowest BCUT2D eigenvalue weighted by Gasteiger charge is -2.18. The molecule has 1 rings (SSSR count). The van der Waals surface area contributed by atoms with Gasteiger partial charge >= 0.3 is 0 Å². The van der Waals surface area contributed by atoms with Gasteiger partial charge in [-0.1, -0.05) is 37.0 Å². The molecule has 78 valence electrons. The van der Waals surface area contributed by atoms with Crippen molar-refractivity contribution in [1.29, 1.82) is 0 Å². The van der Waals surface area contributed by atoms with Crippen LogP contribution in [0.2, 0.25) is 10.0 Å². The first-order valence-electron chi connectivity index (χ1n) is 4.34. The average molecular weight is 236 g/mol. The predicted octanol–water partition coefficient (Wildman–Crippen LogP) is 3.79. The van der Waals surface area contributed by atoms with E-state index in [9.17, 15) is 4.39 Å². The van der Waals surface area contributed by atoms with Gasteiger partial charge in [-0.3, -0.25) is 0 Å². The van der Waals surface area contributed by atoms with E-state index in [2.05, 4.69) is 0 Å². The van der Waals surface area contributed by atoms with Crippen LogP contribution in [0.1, 0.15) is 25.5 Å². The Morgan fingerprint density at radius 1 is 1.29 bits per heavy atom. The third kappa shape index (κ3) is 2.19. The Morgan fingerprint density at radius 2 is 1.86 bits per heavy atom. The van der Waals surface area contributed by atoms with Gasteiger partial charge in [-0.05, 0) is 18.1 Å².